The molecule has 0 radical (unpaired) electrons. The van der Waals surface area contributed by atoms with Gasteiger partial charge in [-0.3, -0.25) is 0 Å². The van der Waals surface area contributed by atoms with Crippen LogP contribution in [0.3, 0.4) is 0 Å². The molecule has 2 amide bonds. The van der Waals surface area contributed by atoms with Gasteiger partial charge in [0.1, 0.15) is 0 Å². The van der Waals surface area contributed by atoms with Crippen molar-refractivity contribution < 1.29 is 23.1 Å². The predicted octanol–water partition coefficient (Wildman–Crippen LogP) is 2.52. The molecule has 0 aromatic carbocycles. The van der Waals surface area contributed by atoms with E-state index in [1.165, 1.54) is 4.90 Å². The third kappa shape index (κ3) is 4.54. The minimum atomic E-state index is -4.63. The highest BCUT2D eigenvalue weighted by Gasteiger charge is 2.54. The number of nitrogens with zero attached hydrogens (tertiary/aromatic N) is 1. The summed E-state index contributed by atoms with van der Waals surface area (Å²) in [6.07, 6.45) is -3.71. The smallest absolute Gasteiger partial charge is 0.380 e. The summed E-state index contributed by atoms with van der Waals surface area (Å²) in [5.41, 5.74) is -2.65. The van der Waals surface area contributed by atoms with Crippen LogP contribution in [0.1, 0.15) is 39.5 Å². The summed E-state index contributed by atoms with van der Waals surface area (Å²) in [7, 11) is 0. The van der Waals surface area contributed by atoms with Gasteiger partial charge in [0.05, 0.1) is 0 Å². The molecule has 0 aromatic rings. The molecule has 0 aromatic heterocycles. The lowest BCUT2D eigenvalue weighted by atomic mass is 9.91. The SMILES string of the molecule is CC(C)CCCNC(=O)N1CCC(O)(C(F)(F)F)CC1. The van der Waals surface area contributed by atoms with E-state index in [0.29, 0.717) is 12.5 Å². The van der Waals surface area contributed by atoms with Crippen molar-refractivity contribution in [3.8, 4) is 0 Å². The second kappa shape index (κ2) is 6.65. The van der Waals surface area contributed by atoms with Gasteiger partial charge in [0.15, 0.2) is 5.60 Å². The van der Waals surface area contributed by atoms with Crippen LogP contribution in [0.5, 0.6) is 0 Å². The van der Waals surface area contributed by atoms with Crippen molar-refractivity contribution >= 4 is 6.03 Å². The minimum Gasteiger partial charge on any atom is -0.380 e. The molecule has 0 saturated carbocycles. The molecule has 1 rings (SSSR count). The lowest BCUT2D eigenvalue weighted by Crippen LogP contribution is -2.55. The zero-order valence-electron chi connectivity index (χ0n) is 12.0. The van der Waals surface area contributed by atoms with Gasteiger partial charge in [0, 0.05) is 32.5 Å². The van der Waals surface area contributed by atoms with Gasteiger partial charge in [-0.2, -0.15) is 13.2 Å². The molecule has 1 fully saturated rings. The first-order chi connectivity index (χ1) is 9.16. The molecule has 1 saturated heterocycles. The molecular formula is C13H23F3N2O2. The maximum Gasteiger partial charge on any atom is 0.417 e. The number of carbonyl (C=O) groups is 1. The number of rotatable bonds is 4. The van der Waals surface area contributed by atoms with Crippen molar-refractivity contribution in [3.63, 3.8) is 0 Å². The van der Waals surface area contributed by atoms with E-state index in [1.54, 1.807) is 0 Å². The van der Waals surface area contributed by atoms with Crippen molar-refractivity contribution in [2.24, 2.45) is 5.92 Å². The van der Waals surface area contributed by atoms with Crippen LogP contribution in [-0.4, -0.2) is 47.4 Å². The first-order valence-electron chi connectivity index (χ1n) is 6.97. The van der Waals surface area contributed by atoms with Crippen molar-refractivity contribution in [3.05, 3.63) is 0 Å². The van der Waals surface area contributed by atoms with Crippen molar-refractivity contribution in [1.82, 2.24) is 10.2 Å². The van der Waals surface area contributed by atoms with E-state index >= 15 is 0 Å². The molecule has 2 N–H and O–H groups in total. The summed E-state index contributed by atoms with van der Waals surface area (Å²) in [5, 5.41) is 12.2. The fourth-order valence-electron chi connectivity index (χ4n) is 2.18. The number of likely N-dealkylation sites (tertiary alicyclic amines) is 1. The van der Waals surface area contributed by atoms with Crippen LogP contribution in [0.15, 0.2) is 0 Å². The fourth-order valence-corrected chi connectivity index (χ4v) is 2.18. The average molecular weight is 296 g/mol. The number of piperidine rings is 1. The lowest BCUT2D eigenvalue weighted by molar-refractivity contribution is -0.271. The molecule has 118 valence electrons. The molecule has 1 aliphatic heterocycles. The van der Waals surface area contributed by atoms with E-state index in [0.717, 1.165) is 12.8 Å². The first-order valence-corrected chi connectivity index (χ1v) is 6.97. The average Bonchev–Trinajstić information content (AvgIpc) is 2.33. The number of carbonyl (C=O) groups excluding carboxylic acids is 1. The molecule has 7 heteroatoms. The van der Waals surface area contributed by atoms with Crippen LogP contribution in [0, 0.1) is 5.92 Å². The van der Waals surface area contributed by atoms with Crippen LogP contribution in [0.4, 0.5) is 18.0 Å². The molecule has 0 atom stereocenters. The Labute approximate surface area is 117 Å². The predicted molar refractivity (Wildman–Crippen MR) is 69.3 cm³/mol. The summed E-state index contributed by atoms with van der Waals surface area (Å²) < 4.78 is 37.8. The number of urea groups is 1. The van der Waals surface area contributed by atoms with Crippen molar-refractivity contribution in [2.75, 3.05) is 19.6 Å². The molecule has 0 aliphatic carbocycles. The Bertz CT molecular complexity index is 324. The van der Waals surface area contributed by atoms with Crippen LogP contribution in [0.2, 0.25) is 0 Å². The molecule has 4 nitrogen and oxygen atoms in total. The van der Waals surface area contributed by atoms with E-state index in [2.05, 4.69) is 19.2 Å². The van der Waals surface area contributed by atoms with Crippen molar-refractivity contribution in [1.29, 1.82) is 0 Å². The van der Waals surface area contributed by atoms with Gasteiger partial charge < -0.3 is 15.3 Å². The lowest BCUT2D eigenvalue weighted by Gasteiger charge is -2.39. The van der Waals surface area contributed by atoms with Gasteiger partial charge >= 0.3 is 12.2 Å². The summed E-state index contributed by atoms with van der Waals surface area (Å²) in [6, 6.07) is -0.349. The molecule has 0 spiro atoms. The summed E-state index contributed by atoms with van der Waals surface area (Å²) >= 11 is 0. The molecule has 20 heavy (non-hydrogen) atoms. The van der Waals surface area contributed by atoms with Gasteiger partial charge in [-0.25, -0.2) is 4.79 Å². The standard InChI is InChI=1S/C13H23F3N2O2/c1-10(2)4-3-7-17-11(19)18-8-5-12(20,6-9-18)13(14,15)16/h10,20H,3-9H2,1-2H3,(H,17,19). The normalized spacial score (nSPS) is 19.2. The van der Waals surface area contributed by atoms with E-state index in [4.69, 9.17) is 0 Å². The van der Waals surface area contributed by atoms with Crippen LogP contribution in [-0.2, 0) is 0 Å². The number of aliphatic hydroxyl groups is 1. The Hall–Kier alpha value is -0.980. The van der Waals surface area contributed by atoms with Gasteiger partial charge in [0.2, 0.25) is 0 Å². The van der Waals surface area contributed by atoms with E-state index < -0.39 is 24.6 Å². The monoisotopic (exact) mass is 296 g/mol. The number of amides is 2. The Balaban J connectivity index is 2.32. The van der Waals surface area contributed by atoms with E-state index in [9.17, 15) is 23.1 Å². The Morgan fingerprint density at radius 2 is 1.90 bits per heavy atom. The van der Waals surface area contributed by atoms with E-state index in [1.807, 2.05) is 0 Å². The number of hydrogen-bond donors (Lipinski definition) is 2. The third-order valence-corrected chi connectivity index (χ3v) is 3.64. The minimum absolute atomic E-state index is 0.0774. The van der Waals surface area contributed by atoms with Crippen LogP contribution >= 0.6 is 0 Å². The summed E-state index contributed by atoms with van der Waals surface area (Å²) in [4.78, 5) is 13.1. The quantitative estimate of drug-likeness (QED) is 0.783. The zero-order chi connectivity index (χ0) is 15.4. The first kappa shape index (κ1) is 17.1. The largest absolute Gasteiger partial charge is 0.417 e. The second-order valence-corrected chi connectivity index (χ2v) is 5.78. The molecule has 0 bridgehead atoms. The highest BCUT2D eigenvalue weighted by atomic mass is 19.4. The molecule has 0 unspecified atom stereocenters. The second-order valence-electron chi connectivity index (χ2n) is 5.78. The Morgan fingerprint density at radius 1 is 1.35 bits per heavy atom. The van der Waals surface area contributed by atoms with Gasteiger partial charge in [-0.15, -0.1) is 0 Å². The summed E-state index contributed by atoms with van der Waals surface area (Å²) in [5.74, 6) is 0.559. The topological polar surface area (TPSA) is 52.6 Å². The van der Waals surface area contributed by atoms with Crippen LogP contribution < -0.4 is 5.32 Å². The maximum atomic E-state index is 12.6. The van der Waals surface area contributed by atoms with Gasteiger partial charge in [-0.05, 0) is 18.8 Å². The number of nitrogens with one attached hydrogen (secondary N) is 1. The highest BCUT2D eigenvalue weighted by molar-refractivity contribution is 5.74. The van der Waals surface area contributed by atoms with E-state index in [-0.39, 0.29) is 19.1 Å². The third-order valence-electron chi connectivity index (χ3n) is 3.64. The van der Waals surface area contributed by atoms with Gasteiger partial charge in [-0.1, -0.05) is 13.8 Å². The van der Waals surface area contributed by atoms with Crippen molar-refractivity contribution in [2.45, 2.75) is 51.3 Å². The van der Waals surface area contributed by atoms with Crippen LogP contribution in [0.25, 0.3) is 0 Å². The molecule has 1 aliphatic rings. The Kier molecular flexibility index (Phi) is 5.68. The number of halogens is 3. The number of alkyl halides is 3. The summed E-state index contributed by atoms with van der Waals surface area (Å²) in [6.45, 7) is 4.55. The highest BCUT2D eigenvalue weighted by Crippen LogP contribution is 2.38. The fraction of sp³-hybridized carbons (Fsp3) is 0.923. The number of hydrogen-bond acceptors (Lipinski definition) is 2. The maximum absolute atomic E-state index is 12.6. The van der Waals surface area contributed by atoms with Gasteiger partial charge in [0.25, 0.3) is 0 Å². The molecular weight excluding hydrogens is 273 g/mol. The Morgan fingerprint density at radius 3 is 2.35 bits per heavy atom. The molecule has 1 heterocycles. The zero-order valence-corrected chi connectivity index (χ0v) is 12.0.